The molecule has 6 nitrogen and oxygen atoms in total. The van der Waals surface area contributed by atoms with Gasteiger partial charge in [0.05, 0.1) is 6.61 Å². The molecule has 0 saturated carbocycles. The molecule has 2 amide bonds. The highest BCUT2D eigenvalue weighted by Crippen LogP contribution is 2.21. The minimum Gasteiger partial charge on any atom is -0.394 e. The Morgan fingerprint density at radius 2 is 1.91 bits per heavy atom. The summed E-state index contributed by atoms with van der Waals surface area (Å²) >= 11 is 0. The Hall–Kier alpha value is -2.34. The van der Waals surface area contributed by atoms with E-state index < -0.39 is 17.9 Å². The number of hydrogen-bond donors (Lipinski definition) is 3. The van der Waals surface area contributed by atoms with Crippen molar-refractivity contribution in [3.05, 3.63) is 30.5 Å². The van der Waals surface area contributed by atoms with E-state index in [1.165, 1.54) is 0 Å². The van der Waals surface area contributed by atoms with Crippen LogP contribution in [0.15, 0.2) is 30.5 Å². The minimum absolute atomic E-state index is 0.214. The van der Waals surface area contributed by atoms with Crippen LogP contribution in [0.4, 0.5) is 5.69 Å². The van der Waals surface area contributed by atoms with Gasteiger partial charge in [-0.15, -0.1) is 0 Å². The maximum absolute atomic E-state index is 11.8. The van der Waals surface area contributed by atoms with Crippen LogP contribution in [0, 0.1) is 5.92 Å². The van der Waals surface area contributed by atoms with Crippen molar-refractivity contribution in [3.63, 3.8) is 0 Å². The molecular weight excluding hydrogens is 294 g/mol. The molecular formula is C17H23N3O3. The number of fused-ring (bicyclic) bond motifs is 1. The van der Waals surface area contributed by atoms with Gasteiger partial charge < -0.3 is 20.3 Å². The Kier molecular flexibility index (Phi) is 5.39. The molecule has 1 atom stereocenters. The molecule has 6 heteroatoms. The van der Waals surface area contributed by atoms with Gasteiger partial charge in [0.15, 0.2) is 0 Å². The summed E-state index contributed by atoms with van der Waals surface area (Å²) in [5.74, 6) is -0.961. The predicted molar refractivity (Wildman–Crippen MR) is 90.1 cm³/mol. The van der Waals surface area contributed by atoms with Crippen molar-refractivity contribution < 1.29 is 14.7 Å². The first-order chi connectivity index (χ1) is 10.9. The average Bonchev–Trinajstić information content (AvgIpc) is 2.88. The van der Waals surface area contributed by atoms with Crippen LogP contribution in [-0.2, 0) is 16.1 Å². The summed E-state index contributed by atoms with van der Waals surface area (Å²) in [4.78, 5) is 23.5. The zero-order valence-corrected chi connectivity index (χ0v) is 13.7. The minimum atomic E-state index is -0.760. The summed E-state index contributed by atoms with van der Waals surface area (Å²) in [5, 5.41) is 14.9. The first-order valence-corrected chi connectivity index (χ1v) is 7.72. The van der Waals surface area contributed by atoms with E-state index in [0.29, 0.717) is 11.6 Å². The van der Waals surface area contributed by atoms with Crippen LogP contribution in [-0.4, -0.2) is 34.1 Å². The third-order valence-electron chi connectivity index (χ3n) is 3.45. The third kappa shape index (κ3) is 4.32. The van der Waals surface area contributed by atoms with Crippen LogP contribution >= 0.6 is 0 Å². The number of nitrogens with one attached hydrogen (secondary N) is 2. The number of aromatic nitrogens is 1. The highest BCUT2D eigenvalue weighted by atomic mass is 16.3. The summed E-state index contributed by atoms with van der Waals surface area (Å²) in [6, 6.07) is 7.08. The van der Waals surface area contributed by atoms with Gasteiger partial charge in [0.25, 0.3) is 0 Å². The third-order valence-corrected chi connectivity index (χ3v) is 3.45. The quantitative estimate of drug-likeness (QED) is 0.734. The fourth-order valence-corrected chi connectivity index (χ4v) is 2.35. The number of hydrogen-bond acceptors (Lipinski definition) is 3. The van der Waals surface area contributed by atoms with E-state index in [9.17, 15) is 9.59 Å². The monoisotopic (exact) mass is 317 g/mol. The van der Waals surface area contributed by atoms with Crippen molar-refractivity contribution in [1.29, 1.82) is 0 Å². The van der Waals surface area contributed by atoms with Crippen molar-refractivity contribution in [3.8, 4) is 0 Å². The van der Waals surface area contributed by atoms with Crippen LogP contribution < -0.4 is 10.6 Å². The van der Waals surface area contributed by atoms with Crippen molar-refractivity contribution in [1.82, 2.24) is 9.88 Å². The van der Waals surface area contributed by atoms with Gasteiger partial charge in [-0.3, -0.25) is 9.59 Å². The molecule has 0 radical (unpaired) electrons. The smallest absolute Gasteiger partial charge is 0.313 e. The summed E-state index contributed by atoms with van der Waals surface area (Å²) in [5.41, 5.74) is 1.66. The van der Waals surface area contributed by atoms with Crippen LogP contribution in [0.2, 0.25) is 0 Å². The van der Waals surface area contributed by atoms with E-state index in [0.717, 1.165) is 17.4 Å². The molecule has 0 aliphatic carbocycles. The molecule has 0 bridgehead atoms. The molecule has 0 spiro atoms. The Bertz CT molecular complexity index is 706. The van der Waals surface area contributed by atoms with Crippen molar-refractivity contribution in [2.24, 2.45) is 5.92 Å². The van der Waals surface area contributed by atoms with E-state index in [1.807, 2.05) is 24.4 Å². The van der Waals surface area contributed by atoms with Crippen molar-refractivity contribution in [2.45, 2.75) is 33.4 Å². The van der Waals surface area contributed by atoms with Gasteiger partial charge in [0.1, 0.15) is 0 Å². The van der Waals surface area contributed by atoms with E-state index in [1.54, 1.807) is 13.0 Å². The molecule has 1 aromatic heterocycles. The molecule has 1 heterocycles. The van der Waals surface area contributed by atoms with Gasteiger partial charge >= 0.3 is 11.8 Å². The highest BCUT2D eigenvalue weighted by molar-refractivity contribution is 6.39. The van der Waals surface area contributed by atoms with E-state index in [4.69, 9.17) is 5.11 Å². The zero-order chi connectivity index (χ0) is 17.0. The van der Waals surface area contributed by atoms with Crippen LogP contribution in [0.5, 0.6) is 0 Å². The Labute approximate surface area is 135 Å². The molecule has 0 unspecified atom stereocenters. The number of rotatable bonds is 5. The summed E-state index contributed by atoms with van der Waals surface area (Å²) in [6.07, 6.45) is 2.02. The summed E-state index contributed by atoms with van der Waals surface area (Å²) < 4.78 is 2.17. The van der Waals surface area contributed by atoms with Crippen molar-refractivity contribution >= 4 is 28.4 Å². The second-order valence-corrected chi connectivity index (χ2v) is 6.15. The molecule has 124 valence electrons. The first-order valence-electron chi connectivity index (χ1n) is 7.72. The fourth-order valence-electron chi connectivity index (χ4n) is 2.35. The SMILES string of the molecule is CC(C)Cn1ccc2cc(NC(=O)C(=O)N[C@@H](C)CO)ccc21. The lowest BCUT2D eigenvalue weighted by atomic mass is 10.2. The second-order valence-electron chi connectivity index (χ2n) is 6.15. The van der Waals surface area contributed by atoms with Crippen LogP contribution in [0.3, 0.4) is 0 Å². The second kappa shape index (κ2) is 7.28. The van der Waals surface area contributed by atoms with Gasteiger partial charge in [0.2, 0.25) is 0 Å². The normalized spacial score (nSPS) is 12.4. The topological polar surface area (TPSA) is 83.4 Å². The van der Waals surface area contributed by atoms with Gasteiger partial charge in [0, 0.05) is 35.4 Å². The average molecular weight is 317 g/mol. The molecule has 23 heavy (non-hydrogen) atoms. The molecule has 0 aliphatic heterocycles. The number of nitrogens with zero attached hydrogens (tertiary/aromatic N) is 1. The molecule has 0 aliphatic rings. The lowest BCUT2D eigenvalue weighted by molar-refractivity contribution is -0.136. The molecule has 0 saturated heterocycles. The van der Waals surface area contributed by atoms with Crippen molar-refractivity contribution in [2.75, 3.05) is 11.9 Å². The van der Waals surface area contributed by atoms with Gasteiger partial charge in [-0.1, -0.05) is 13.8 Å². The number of benzene rings is 1. The lowest BCUT2D eigenvalue weighted by Crippen LogP contribution is -2.42. The Morgan fingerprint density at radius 3 is 2.57 bits per heavy atom. The van der Waals surface area contributed by atoms with Gasteiger partial charge in [-0.2, -0.15) is 0 Å². The summed E-state index contributed by atoms with van der Waals surface area (Å²) in [6.45, 7) is 6.65. The number of aliphatic hydroxyl groups excluding tert-OH is 1. The zero-order valence-electron chi connectivity index (χ0n) is 13.7. The molecule has 1 aromatic carbocycles. The maximum atomic E-state index is 11.8. The largest absolute Gasteiger partial charge is 0.394 e. The van der Waals surface area contributed by atoms with Crippen LogP contribution in [0.25, 0.3) is 10.9 Å². The maximum Gasteiger partial charge on any atom is 0.313 e. The number of carbonyl (C=O) groups excluding carboxylic acids is 2. The van der Waals surface area contributed by atoms with Crippen LogP contribution in [0.1, 0.15) is 20.8 Å². The number of amides is 2. The molecule has 2 aromatic rings. The number of carbonyl (C=O) groups is 2. The Balaban J connectivity index is 2.09. The summed E-state index contributed by atoms with van der Waals surface area (Å²) in [7, 11) is 0. The van der Waals surface area contributed by atoms with Gasteiger partial charge in [-0.05, 0) is 37.1 Å². The molecule has 0 fully saturated rings. The van der Waals surface area contributed by atoms with E-state index in [2.05, 4.69) is 29.0 Å². The highest BCUT2D eigenvalue weighted by Gasteiger charge is 2.16. The standard InChI is InChI=1S/C17H23N3O3/c1-11(2)9-20-7-6-13-8-14(4-5-15(13)20)19-17(23)16(22)18-12(3)10-21/h4-8,11-12,21H,9-10H2,1-3H3,(H,18,22)(H,19,23)/t12-/m0/s1. The van der Waals surface area contributed by atoms with Gasteiger partial charge in [-0.25, -0.2) is 0 Å². The Morgan fingerprint density at radius 1 is 1.17 bits per heavy atom. The number of anilines is 1. The lowest BCUT2D eigenvalue weighted by Gasteiger charge is -2.11. The predicted octanol–water partition coefficient (Wildman–Crippen LogP) is 1.73. The molecule has 2 rings (SSSR count). The fraction of sp³-hybridized carbons (Fsp3) is 0.412. The molecule has 3 N–H and O–H groups in total. The first kappa shape index (κ1) is 17.0. The number of aliphatic hydroxyl groups is 1. The van der Waals surface area contributed by atoms with E-state index >= 15 is 0 Å². The van der Waals surface area contributed by atoms with E-state index in [-0.39, 0.29) is 6.61 Å².